The molecule has 0 atom stereocenters. The van der Waals surface area contributed by atoms with Gasteiger partial charge in [0.05, 0.1) is 12.0 Å². The third-order valence-corrected chi connectivity index (χ3v) is 5.70. The van der Waals surface area contributed by atoms with Crippen molar-refractivity contribution >= 4 is 29.3 Å². The second-order valence-electron chi connectivity index (χ2n) is 8.15. The number of halogens is 1. The summed E-state index contributed by atoms with van der Waals surface area (Å²) < 4.78 is 26.4. The van der Waals surface area contributed by atoms with E-state index < -0.39 is 11.7 Å². The van der Waals surface area contributed by atoms with Crippen LogP contribution in [-0.4, -0.2) is 81.2 Å². The molecule has 0 unspecified atom stereocenters. The number of nitrogens with one attached hydrogen (secondary N) is 1. The molecule has 0 aliphatic carbocycles. The van der Waals surface area contributed by atoms with Crippen LogP contribution in [0.25, 0.3) is 17.4 Å². The van der Waals surface area contributed by atoms with Gasteiger partial charge in [-0.3, -0.25) is 9.69 Å². The number of hydrogen-bond acceptors (Lipinski definition) is 11. The van der Waals surface area contributed by atoms with Gasteiger partial charge in [0.2, 0.25) is 17.7 Å². The Morgan fingerprint density at radius 1 is 1.17 bits per heavy atom. The molecule has 13 nitrogen and oxygen atoms in total. The Morgan fingerprint density at radius 2 is 2.00 bits per heavy atom. The lowest BCUT2D eigenvalue weighted by Crippen LogP contribution is -2.48. The fourth-order valence-electron chi connectivity index (χ4n) is 3.92. The lowest BCUT2D eigenvalue weighted by Gasteiger charge is -2.36. The molecule has 14 heteroatoms. The fraction of sp³-hybridized carbons (Fsp3) is 0.318. The first-order chi connectivity index (χ1) is 17.5. The van der Waals surface area contributed by atoms with Crippen molar-refractivity contribution in [2.75, 3.05) is 61.8 Å². The molecule has 0 saturated carbocycles. The molecule has 1 amide bonds. The molecule has 36 heavy (non-hydrogen) atoms. The Labute approximate surface area is 204 Å². The van der Waals surface area contributed by atoms with Gasteiger partial charge in [-0.05, 0) is 24.3 Å². The van der Waals surface area contributed by atoms with Gasteiger partial charge >= 0.3 is 0 Å². The normalized spacial score (nSPS) is 14.3. The fourth-order valence-corrected chi connectivity index (χ4v) is 3.92. The highest BCUT2D eigenvalue weighted by molar-refractivity contribution is 5.75. The molecule has 1 aliphatic heterocycles. The number of amides is 1. The first kappa shape index (κ1) is 23.3. The van der Waals surface area contributed by atoms with Crippen LogP contribution < -0.4 is 26.4 Å². The molecule has 4 heterocycles. The van der Waals surface area contributed by atoms with E-state index in [1.807, 2.05) is 4.90 Å². The van der Waals surface area contributed by atoms with E-state index in [1.165, 1.54) is 10.6 Å². The number of ether oxygens (including phenoxy) is 1. The average molecular weight is 497 g/mol. The third kappa shape index (κ3) is 5.12. The molecule has 3 aromatic heterocycles. The van der Waals surface area contributed by atoms with E-state index in [4.69, 9.17) is 20.6 Å². The van der Waals surface area contributed by atoms with Gasteiger partial charge in [0.25, 0.3) is 11.7 Å². The number of nitrogens with two attached hydrogens (primary N) is 2. The van der Waals surface area contributed by atoms with E-state index in [1.54, 1.807) is 30.5 Å². The molecule has 1 saturated heterocycles. The number of nitrogen functional groups attached to an aromatic ring is 1. The van der Waals surface area contributed by atoms with Crippen molar-refractivity contribution in [3.8, 4) is 17.3 Å². The molecule has 0 radical (unpaired) electrons. The lowest BCUT2D eigenvalue weighted by molar-refractivity contribution is -0.119. The molecule has 188 valence electrons. The zero-order valence-corrected chi connectivity index (χ0v) is 19.3. The highest BCUT2D eigenvalue weighted by atomic mass is 19.1. The van der Waals surface area contributed by atoms with Gasteiger partial charge in [-0.25, -0.2) is 4.39 Å². The Balaban J connectivity index is 1.12. The smallest absolute Gasteiger partial charge is 0.259 e. The average Bonchev–Trinajstić information content (AvgIpc) is 3.54. The maximum absolute atomic E-state index is 14.6. The molecule has 1 aliphatic rings. The van der Waals surface area contributed by atoms with Crippen molar-refractivity contribution in [1.29, 1.82) is 0 Å². The summed E-state index contributed by atoms with van der Waals surface area (Å²) in [6.07, 6.45) is 1.54. The van der Waals surface area contributed by atoms with Crippen LogP contribution in [0.15, 0.2) is 41.0 Å². The van der Waals surface area contributed by atoms with Gasteiger partial charge in [0.15, 0.2) is 12.4 Å². The highest BCUT2D eigenvalue weighted by Crippen LogP contribution is 2.25. The standard InChI is InChI=1S/C22H25FN10O3/c23-15-12-14(36-13-18(24)34)3-4-16(15)32-9-7-31(8-10-32)6-5-26-21-28-20(25)33-22(29-21)27-19(30-33)17-2-1-11-35-17/h1-4,11-12H,5-10,13H2,(H2,24,34)(H3,25,26,27,28,29,30). The van der Waals surface area contributed by atoms with Crippen molar-refractivity contribution in [2.24, 2.45) is 5.73 Å². The van der Waals surface area contributed by atoms with Crippen LogP contribution in [0.3, 0.4) is 0 Å². The van der Waals surface area contributed by atoms with Crippen LogP contribution in [0, 0.1) is 5.82 Å². The van der Waals surface area contributed by atoms with E-state index in [0.29, 0.717) is 48.6 Å². The van der Waals surface area contributed by atoms with Crippen molar-refractivity contribution in [1.82, 2.24) is 29.5 Å². The Hall–Kier alpha value is -4.46. The minimum atomic E-state index is -0.613. The number of nitrogens with zero attached hydrogens (tertiary/aromatic N) is 7. The number of piperazine rings is 1. The number of carbonyl (C=O) groups excluding carboxylic acids is 1. The van der Waals surface area contributed by atoms with Crippen LogP contribution in [0.1, 0.15) is 0 Å². The van der Waals surface area contributed by atoms with Gasteiger partial charge in [-0.2, -0.15) is 19.5 Å². The first-order valence-electron chi connectivity index (χ1n) is 11.3. The second kappa shape index (κ2) is 10.0. The predicted molar refractivity (Wildman–Crippen MR) is 129 cm³/mol. The topological polar surface area (TPSA) is 166 Å². The largest absolute Gasteiger partial charge is 0.484 e. The summed E-state index contributed by atoms with van der Waals surface area (Å²) in [5.41, 5.74) is 11.6. The number of rotatable bonds is 9. The van der Waals surface area contributed by atoms with Crippen LogP contribution >= 0.6 is 0 Å². The number of fused-ring (bicyclic) bond motifs is 1. The molecular weight excluding hydrogens is 471 g/mol. The van der Waals surface area contributed by atoms with Gasteiger partial charge in [-0.1, -0.05) is 0 Å². The summed E-state index contributed by atoms with van der Waals surface area (Å²) in [7, 11) is 0. The summed E-state index contributed by atoms with van der Waals surface area (Å²) in [4.78, 5) is 28.1. The summed E-state index contributed by atoms with van der Waals surface area (Å²) in [6.45, 7) is 3.91. The van der Waals surface area contributed by atoms with Gasteiger partial charge in [0, 0.05) is 45.3 Å². The number of anilines is 3. The Bertz CT molecular complexity index is 1350. The molecule has 1 aromatic carbocycles. The summed E-state index contributed by atoms with van der Waals surface area (Å²) >= 11 is 0. The molecular formula is C22H25FN10O3. The van der Waals surface area contributed by atoms with Crippen molar-refractivity contribution in [3.05, 3.63) is 42.4 Å². The number of furan rings is 1. The molecule has 4 aromatic rings. The monoisotopic (exact) mass is 496 g/mol. The Morgan fingerprint density at radius 3 is 2.72 bits per heavy atom. The number of carbonyl (C=O) groups is 1. The SMILES string of the molecule is NC(=O)COc1ccc(N2CCN(CCNc3nc(N)n4nc(-c5ccco5)nc4n3)CC2)c(F)c1. The quantitative estimate of drug-likeness (QED) is 0.297. The van der Waals surface area contributed by atoms with E-state index in [-0.39, 0.29) is 18.3 Å². The maximum atomic E-state index is 14.6. The molecule has 1 fully saturated rings. The summed E-state index contributed by atoms with van der Waals surface area (Å²) in [6, 6.07) is 8.06. The van der Waals surface area contributed by atoms with Crippen LogP contribution in [0.5, 0.6) is 5.75 Å². The van der Waals surface area contributed by atoms with E-state index in [0.717, 1.165) is 19.6 Å². The first-order valence-corrected chi connectivity index (χ1v) is 11.3. The van der Waals surface area contributed by atoms with E-state index in [9.17, 15) is 9.18 Å². The lowest BCUT2D eigenvalue weighted by atomic mass is 10.2. The third-order valence-electron chi connectivity index (χ3n) is 5.70. The number of aromatic nitrogens is 5. The molecule has 5 N–H and O–H groups in total. The zero-order chi connectivity index (χ0) is 25.1. The number of hydrogen-bond donors (Lipinski definition) is 3. The van der Waals surface area contributed by atoms with Crippen LogP contribution in [-0.2, 0) is 4.79 Å². The zero-order valence-electron chi connectivity index (χ0n) is 19.3. The summed E-state index contributed by atoms with van der Waals surface area (Å²) in [5, 5.41) is 7.46. The van der Waals surface area contributed by atoms with Crippen LogP contribution in [0.2, 0.25) is 0 Å². The van der Waals surface area contributed by atoms with E-state index in [2.05, 4.69) is 30.3 Å². The highest BCUT2D eigenvalue weighted by Gasteiger charge is 2.20. The van der Waals surface area contributed by atoms with Crippen molar-refractivity contribution in [3.63, 3.8) is 0 Å². The van der Waals surface area contributed by atoms with Gasteiger partial charge < -0.3 is 30.8 Å². The van der Waals surface area contributed by atoms with E-state index >= 15 is 0 Å². The maximum Gasteiger partial charge on any atom is 0.259 e. The molecule has 0 spiro atoms. The Kier molecular flexibility index (Phi) is 6.49. The van der Waals surface area contributed by atoms with Gasteiger partial charge in [-0.15, -0.1) is 5.10 Å². The number of primary amides is 1. The van der Waals surface area contributed by atoms with Crippen molar-refractivity contribution in [2.45, 2.75) is 0 Å². The van der Waals surface area contributed by atoms with Crippen molar-refractivity contribution < 1.29 is 18.3 Å². The number of benzene rings is 1. The minimum Gasteiger partial charge on any atom is -0.484 e. The molecule has 5 rings (SSSR count). The summed E-state index contributed by atoms with van der Waals surface area (Å²) in [5.74, 6) is 0.981. The second-order valence-corrected chi connectivity index (χ2v) is 8.15. The van der Waals surface area contributed by atoms with Gasteiger partial charge in [0.1, 0.15) is 11.6 Å². The van der Waals surface area contributed by atoms with Crippen LogP contribution in [0.4, 0.5) is 22.0 Å². The predicted octanol–water partition coefficient (Wildman–Crippen LogP) is 0.599. The molecule has 0 bridgehead atoms. The minimum absolute atomic E-state index is 0.162.